The fourth-order valence-electron chi connectivity index (χ4n) is 1.98. The normalized spacial score (nSPS) is 11.7. The Kier molecular flexibility index (Phi) is 5.11. The zero-order valence-corrected chi connectivity index (χ0v) is 13.2. The predicted molar refractivity (Wildman–Crippen MR) is 86.3 cm³/mol. The zero-order chi connectivity index (χ0) is 17.0. The summed E-state index contributed by atoms with van der Waals surface area (Å²) in [7, 11) is 0. The molecule has 0 saturated heterocycles. The molecule has 0 spiro atoms. The Bertz CT molecular complexity index is 726. The number of carbonyl (C=O) groups excluding carboxylic acids is 2. The van der Waals surface area contributed by atoms with Crippen LogP contribution in [0, 0.1) is 12.7 Å². The molecule has 0 fully saturated rings. The Morgan fingerprint density at radius 1 is 1.13 bits per heavy atom. The number of nitrogens with one attached hydrogen (secondary N) is 1. The van der Waals surface area contributed by atoms with Crippen molar-refractivity contribution >= 4 is 17.4 Å². The summed E-state index contributed by atoms with van der Waals surface area (Å²) in [4.78, 5) is 23.3. The molecule has 1 unspecified atom stereocenters. The minimum Gasteiger partial charge on any atom is -0.481 e. The number of amides is 1. The molecule has 0 heterocycles. The molecule has 2 rings (SSSR count). The Balaban J connectivity index is 2.00. The van der Waals surface area contributed by atoms with Crippen LogP contribution < -0.4 is 10.1 Å². The second-order valence-electron chi connectivity index (χ2n) is 5.31. The number of ketones is 1. The standard InChI is InChI=1S/C18H18FNO3/c1-11-4-9-17(16(19)10-11)20-18(22)13(3)23-15-7-5-14(6-8-15)12(2)21/h4-10,13H,1-3H3,(H,20,22). The Morgan fingerprint density at radius 2 is 1.78 bits per heavy atom. The van der Waals surface area contributed by atoms with Crippen LogP contribution in [-0.2, 0) is 4.79 Å². The van der Waals surface area contributed by atoms with Crippen LogP contribution in [0.3, 0.4) is 0 Å². The molecular formula is C18H18FNO3. The molecule has 0 radical (unpaired) electrons. The number of anilines is 1. The highest BCUT2D eigenvalue weighted by molar-refractivity contribution is 5.95. The summed E-state index contributed by atoms with van der Waals surface area (Å²) in [6.07, 6.45) is -0.807. The van der Waals surface area contributed by atoms with Crippen LogP contribution in [-0.4, -0.2) is 17.8 Å². The number of halogens is 1. The second kappa shape index (κ2) is 7.05. The largest absolute Gasteiger partial charge is 0.481 e. The minimum atomic E-state index is -0.807. The van der Waals surface area contributed by atoms with Crippen molar-refractivity contribution in [2.45, 2.75) is 26.9 Å². The summed E-state index contributed by atoms with van der Waals surface area (Å²) in [6.45, 7) is 4.81. The lowest BCUT2D eigenvalue weighted by Crippen LogP contribution is -2.30. The molecule has 0 aliphatic heterocycles. The first-order chi connectivity index (χ1) is 10.9. The minimum absolute atomic E-state index is 0.0443. The van der Waals surface area contributed by atoms with Crippen LogP contribution in [0.1, 0.15) is 29.8 Å². The summed E-state index contributed by atoms with van der Waals surface area (Å²) in [5.74, 6) is -0.529. The number of carbonyl (C=O) groups is 2. The quantitative estimate of drug-likeness (QED) is 0.855. The number of hydrogen-bond donors (Lipinski definition) is 1. The van der Waals surface area contributed by atoms with E-state index in [1.54, 1.807) is 44.2 Å². The van der Waals surface area contributed by atoms with Gasteiger partial charge in [-0.2, -0.15) is 0 Å². The fraction of sp³-hybridized carbons (Fsp3) is 0.222. The maximum absolute atomic E-state index is 13.7. The fourth-order valence-corrected chi connectivity index (χ4v) is 1.98. The molecule has 2 aromatic rings. The zero-order valence-electron chi connectivity index (χ0n) is 13.2. The van der Waals surface area contributed by atoms with E-state index in [0.717, 1.165) is 5.56 Å². The Labute approximate surface area is 134 Å². The lowest BCUT2D eigenvalue weighted by molar-refractivity contribution is -0.122. The van der Waals surface area contributed by atoms with Gasteiger partial charge in [0.1, 0.15) is 11.6 Å². The van der Waals surface area contributed by atoms with Crippen LogP contribution in [0.4, 0.5) is 10.1 Å². The number of aryl methyl sites for hydroxylation is 1. The van der Waals surface area contributed by atoms with Crippen molar-refractivity contribution in [1.82, 2.24) is 0 Å². The number of hydrogen-bond acceptors (Lipinski definition) is 3. The average Bonchev–Trinajstić information content (AvgIpc) is 2.50. The molecule has 23 heavy (non-hydrogen) atoms. The van der Waals surface area contributed by atoms with Crippen molar-refractivity contribution in [2.24, 2.45) is 0 Å². The number of rotatable bonds is 5. The summed E-state index contributed by atoms with van der Waals surface area (Å²) >= 11 is 0. The molecule has 1 N–H and O–H groups in total. The van der Waals surface area contributed by atoms with Crippen LogP contribution in [0.15, 0.2) is 42.5 Å². The van der Waals surface area contributed by atoms with Crippen molar-refractivity contribution in [3.8, 4) is 5.75 Å². The molecule has 120 valence electrons. The van der Waals surface area contributed by atoms with Gasteiger partial charge in [0.05, 0.1) is 5.69 Å². The third-order valence-corrected chi connectivity index (χ3v) is 3.33. The molecule has 1 amide bonds. The SMILES string of the molecule is CC(=O)c1ccc(OC(C)C(=O)Nc2ccc(C)cc2F)cc1. The third kappa shape index (κ3) is 4.39. The van der Waals surface area contributed by atoms with Crippen LogP contribution in [0.5, 0.6) is 5.75 Å². The Morgan fingerprint density at radius 3 is 2.35 bits per heavy atom. The van der Waals surface area contributed by atoms with Crippen molar-refractivity contribution < 1.29 is 18.7 Å². The predicted octanol–water partition coefficient (Wildman–Crippen LogP) is 3.74. The molecule has 0 saturated carbocycles. The monoisotopic (exact) mass is 315 g/mol. The van der Waals surface area contributed by atoms with Crippen molar-refractivity contribution in [3.63, 3.8) is 0 Å². The number of benzene rings is 2. The maximum Gasteiger partial charge on any atom is 0.265 e. The van der Waals surface area contributed by atoms with Gasteiger partial charge < -0.3 is 10.1 Å². The van der Waals surface area contributed by atoms with Crippen molar-refractivity contribution in [1.29, 1.82) is 0 Å². The van der Waals surface area contributed by atoms with E-state index in [2.05, 4.69) is 5.32 Å². The van der Waals surface area contributed by atoms with E-state index in [4.69, 9.17) is 4.74 Å². The lowest BCUT2D eigenvalue weighted by atomic mass is 10.1. The van der Waals surface area contributed by atoms with E-state index in [1.807, 2.05) is 0 Å². The highest BCUT2D eigenvalue weighted by Crippen LogP contribution is 2.17. The van der Waals surface area contributed by atoms with Crippen LogP contribution >= 0.6 is 0 Å². The van der Waals surface area contributed by atoms with Gasteiger partial charge in [-0.3, -0.25) is 9.59 Å². The molecule has 0 aromatic heterocycles. The van der Waals surface area contributed by atoms with Gasteiger partial charge in [-0.25, -0.2) is 4.39 Å². The first-order valence-corrected chi connectivity index (χ1v) is 7.21. The number of Topliss-reactive ketones (excluding diaryl/α,β-unsaturated/α-hetero) is 1. The summed E-state index contributed by atoms with van der Waals surface area (Å²) in [5.41, 5.74) is 1.45. The average molecular weight is 315 g/mol. The first-order valence-electron chi connectivity index (χ1n) is 7.21. The van der Waals surface area contributed by atoms with Gasteiger partial charge in [0.15, 0.2) is 11.9 Å². The highest BCUT2D eigenvalue weighted by Gasteiger charge is 2.16. The van der Waals surface area contributed by atoms with E-state index < -0.39 is 17.8 Å². The van der Waals surface area contributed by atoms with Gasteiger partial charge in [0, 0.05) is 5.56 Å². The molecule has 1 atom stereocenters. The van der Waals surface area contributed by atoms with Gasteiger partial charge >= 0.3 is 0 Å². The lowest BCUT2D eigenvalue weighted by Gasteiger charge is -2.15. The van der Waals surface area contributed by atoms with E-state index in [-0.39, 0.29) is 11.5 Å². The van der Waals surface area contributed by atoms with Crippen molar-refractivity contribution in [2.75, 3.05) is 5.32 Å². The molecule has 0 aliphatic carbocycles. The summed E-state index contributed by atoms with van der Waals surface area (Å²) in [6, 6.07) is 11.1. The maximum atomic E-state index is 13.7. The van der Waals surface area contributed by atoms with E-state index in [9.17, 15) is 14.0 Å². The van der Waals surface area contributed by atoms with Gasteiger partial charge in [0.2, 0.25) is 0 Å². The van der Waals surface area contributed by atoms with Crippen LogP contribution in [0.25, 0.3) is 0 Å². The Hall–Kier alpha value is -2.69. The molecule has 0 aliphatic rings. The van der Waals surface area contributed by atoms with Gasteiger partial charge in [-0.05, 0) is 62.7 Å². The second-order valence-corrected chi connectivity index (χ2v) is 5.31. The molecule has 5 heteroatoms. The van der Waals surface area contributed by atoms with Gasteiger partial charge in [0.25, 0.3) is 5.91 Å². The topological polar surface area (TPSA) is 55.4 Å². The summed E-state index contributed by atoms with van der Waals surface area (Å²) in [5, 5.41) is 2.49. The van der Waals surface area contributed by atoms with E-state index in [0.29, 0.717) is 11.3 Å². The molecule has 0 bridgehead atoms. The van der Waals surface area contributed by atoms with Crippen LogP contribution in [0.2, 0.25) is 0 Å². The van der Waals surface area contributed by atoms with Gasteiger partial charge in [-0.1, -0.05) is 6.07 Å². The highest BCUT2D eigenvalue weighted by atomic mass is 19.1. The van der Waals surface area contributed by atoms with E-state index in [1.165, 1.54) is 19.1 Å². The van der Waals surface area contributed by atoms with Gasteiger partial charge in [-0.15, -0.1) is 0 Å². The van der Waals surface area contributed by atoms with E-state index >= 15 is 0 Å². The van der Waals surface area contributed by atoms with Crippen molar-refractivity contribution in [3.05, 3.63) is 59.4 Å². The molecule has 4 nitrogen and oxygen atoms in total. The number of ether oxygens (including phenoxy) is 1. The summed E-state index contributed by atoms with van der Waals surface area (Å²) < 4.78 is 19.2. The third-order valence-electron chi connectivity index (χ3n) is 3.33. The molecule has 2 aromatic carbocycles. The molecular weight excluding hydrogens is 297 g/mol. The first kappa shape index (κ1) is 16.7. The smallest absolute Gasteiger partial charge is 0.265 e.